The molecule has 1 fully saturated rings. The maximum Gasteiger partial charge on any atom is 0.256 e. The van der Waals surface area contributed by atoms with Crippen LogP contribution >= 0.6 is 0 Å². The Morgan fingerprint density at radius 1 is 1.00 bits per heavy atom. The van der Waals surface area contributed by atoms with Crippen LogP contribution in [0.5, 0.6) is 0 Å². The molecule has 2 aromatic carbocycles. The second kappa shape index (κ2) is 7.65. The van der Waals surface area contributed by atoms with Crippen molar-refractivity contribution >= 4 is 11.7 Å². The van der Waals surface area contributed by atoms with Crippen molar-refractivity contribution in [3.05, 3.63) is 54.1 Å². The van der Waals surface area contributed by atoms with Crippen LogP contribution in [0.15, 0.2) is 53.5 Å². The number of carbonyl (C=O) groups is 1. The van der Waals surface area contributed by atoms with Crippen LogP contribution in [0.2, 0.25) is 0 Å². The molecule has 0 saturated heterocycles. The summed E-state index contributed by atoms with van der Waals surface area (Å²) in [6.07, 6.45) is 3.89. The number of amides is 1. The number of aromatic nitrogens is 4. The first-order valence-corrected chi connectivity index (χ1v) is 11.2. The van der Waals surface area contributed by atoms with Gasteiger partial charge in [-0.1, -0.05) is 82.1 Å². The van der Waals surface area contributed by atoms with Gasteiger partial charge in [0.1, 0.15) is 11.4 Å². The molecular weight excluding hydrogens is 400 g/mol. The summed E-state index contributed by atoms with van der Waals surface area (Å²) in [5.74, 6) is 1.66. The highest BCUT2D eigenvalue weighted by Crippen LogP contribution is 2.42. The number of hydrogen-bond acceptors (Lipinski definition) is 5. The molecule has 164 valence electrons. The van der Waals surface area contributed by atoms with Crippen LogP contribution in [-0.4, -0.2) is 42.8 Å². The monoisotopic (exact) mass is 428 g/mol. The highest BCUT2D eigenvalue weighted by atomic mass is 16.2. The molecule has 0 radical (unpaired) electrons. The van der Waals surface area contributed by atoms with E-state index in [1.165, 1.54) is 0 Å². The molecule has 1 N–H and O–H groups in total. The first-order valence-electron chi connectivity index (χ1n) is 11.2. The molecule has 0 unspecified atom stereocenters. The third kappa shape index (κ3) is 3.51. The number of aromatic amines is 1. The fourth-order valence-electron chi connectivity index (χ4n) is 4.84. The maximum absolute atomic E-state index is 13.4. The Kier molecular flexibility index (Phi) is 4.92. The van der Waals surface area contributed by atoms with Crippen LogP contribution < -0.4 is 0 Å². The number of amidine groups is 1. The van der Waals surface area contributed by atoms with E-state index < -0.39 is 5.54 Å². The van der Waals surface area contributed by atoms with Gasteiger partial charge in [0.2, 0.25) is 5.82 Å². The standard InChI is InChI=1S/C25H28N6O/c1-24(2,3)22-26-25(14-6-7-15-25)23(32)31(22)16-17-10-12-18(13-11-17)19-8-4-5-9-20(19)21-27-29-30-28-21/h4-5,8-13H,6-7,14-16H2,1-3H3,(H,27,28,29,30). The van der Waals surface area contributed by atoms with Crippen molar-refractivity contribution in [1.82, 2.24) is 25.5 Å². The zero-order valence-electron chi connectivity index (χ0n) is 18.8. The van der Waals surface area contributed by atoms with Crippen LogP contribution in [0.4, 0.5) is 0 Å². The second-order valence-electron chi connectivity index (χ2n) is 9.79. The molecule has 1 saturated carbocycles. The summed E-state index contributed by atoms with van der Waals surface area (Å²) in [5, 5.41) is 14.5. The molecule has 1 amide bonds. The highest BCUT2D eigenvalue weighted by Gasteiger charge is 2.51. The van der Waals surface area contributed by atoms with Crippen LogP contribution in [0.3, 0.4) is 0 Å². The SMILES string of the molecule is CC(C)(C)C1=NC2(CCCC2)C(=O)N1Cc1ccc(-c2ccccc2-c2nn[nH]n2)cc1. The molecule has 7 heteroatoms. The zero-order chi connectivity index (χ0) is 22.3. The number of tetrazole rings is 1. The van der Waals surface area contributed by atoms with Gasteiger partial charge in [-0.05, 0) is 34.7 Å². The van der Waals surface area contributed by atoms with Gasteiger partial charge in [0.15, 0.2) is 0 Å². The largest absolute Gasteiger partial charge is 0.294 e. The van der Waals surface area contributed by atoms with Crippen molar-refractivity contribution in [2.75, 3.05) is 0 Å². The van der Waals surface area contributed by atoms with E-state index in [0.29, 0.717) is 12.4 Å². The molecule has 2 heterocycles. The third-order valence-corrected chi connectivity index (χ3v) is 6.44. The van der Waals surface area contributed by atoms with E-state index in [1.54, 1.807) is 0 Å². The Hall–Kier alpha value is -3.35. The van der Waals surface area contributed by atoms with Crippen molar-refractivity contribution in [2.45, 2.75) is 58.5 Å². The van der Waals surface area contributed by atoms with Gasteiger partial charge in [0.25, 0.3) is 5.91 Å². The van der Waals surface area contributed by atoms with E-state index in [4.69, 9.17) is 4.99 Å². The van der Waals surface area contributed by atoms with E-state index in [2.05, 4.69) is 71.7 Å². The van der Waals surface area contributed by atoms with E-state index >= 15 is 0 Å². The molecule has 1 spiro atoms. The molecule has 1 aliphatic carbocycles. The number of carbonyl (C=O) groups excluding carboxylic acids is 1. The summed E-state index contributed by atoms with van der Waals surface area (Å²) >= 11 is 0. The van der Waals surface area contributed by atoms with Gasteiger partial charge in [0.05, 0.1) is 6.54 Å². The predicted octanol–water partition coefficient (Wildman–Crippen LogP) is 4.63. The van der Waals surface area contributed by atoms with Gasteiger partial charge in [-0.25, -0.2) is 0 Å². The maximum atomic E-state index is 13.4. The van der Waals surface area contributed by atoms with E-state index in [0.717, 1.165) is 53.8 Å². The summed E-state index contributed by atoms with van der Waals surface area (Å²) in [6.45, 7) is 6.96. The Labute approximate surface area is 188 Å². The minimum absolute atomic E-state index is 0.173. The fourth-order valence-corrected chi connectivity index (χ4v) is 4.84. The highest BCUT2D eigenvalue weighted by molar-refractivity contribution is 6.10. The number of nitrogens with zero attached hydrogens (tertiary/aromatic N) is 5. The lowest BCUT2D eigenvalue weighted by atomic mass is 9.94. The molecule has 3 aromatic rings. The lowest BCUT2D eigenvalue weighted by Gasteiger charge is -2.28. The molecule has 7 nitrogen and oxygen atoms in total. The van der Waals surface area contributed by atoms with Gasteiger partial charge in [-0.3, -0.25) is 14.7 Å². The topological polar surface area (TPSA) is 87.1 Å². The molecule has 1 aromatic heterocycles. The summed E-state index contributed by atoms with van der Waals surface area (Å²) in [6, 6.07) is 16.4. The van der Waals surface area contributed by atoms with Gasteiger partial charge in [-0.2, -0.15) is 5.21 Å². The summed E-state index contributed by atoms with van der Waals surface area (Å²) in [7, 11) is 0. The molecule has 5 rings (SSSR count). The van der Waals surface area contributed by atoms with E-state index in [9.17, 15) is 4.79 Å². The normalized spacial score (nSPS) is 17.9. The van der Waals surface area contributed by atoms with Crippen molar-refractivity contribution in [2.24, 2.45) is 10.4 Å². The first-order chi connectivity index (χ1) is 15.4. The minimum atomic E-state index is -0.522. The van der Waals surface area contributed by atoms with Crippen molar-refractivity contribution in [3.8, 4) is 22.5 Å². The van der Waals surface area contributed by atoms with Crippen LogP contribution in [-0.2, 0) is 11.3 Å². The average molecular weight is 429 g/mol. The molecule has 2 aliphatic rings. The van der Waals surface area contributed by atoms with E-state index in [-0.39, 0.29) is 11.3 Å². The summed E-state index contributed by atoms with van der Waals surface area (Å²) in [5.41, 5.74) is 3.43. The Bertz CT molecular complexity index is 1150. The Balaban J connectivity index is 1.42. The van der Waals surface area contributed by atoms with Gasteiger partial charge < -0.3 is 0 Å². The first kappa shape index (κ1) is 20.5. The second-order valence-corrected chi connectivity index (χ2v) is 9.79. The molecule has 0 atom stereocenters. The van der Waals surface area contributed by atoms with Gasteiger partial charge in [0, 0.05) is 11.0 Å². The lowest BCUT2D eigenvalue weighted by Crippen LogP contribution is -2.43. The number of benzene rings is 2. The summed E-state index contributed by atoms with van der Waals surface area (Å²) < 4.78 is 0. The average Bonchev–Trinajstić information content (AvgIpc) is 3.53. The predicted molar refractivity (Wildman–Crippen MR) is 124 cm³/mol. The number of hydrogen-bond donors (Lipinski definition) is 1. The van der Waals surface area contributed by atoms with Gasteiger partial charge in [-0.15, -0.1) is 10.2 Å². The number of nitrogens with one attached hydrogen (secondary N) is 1. The smallest absolute Gasteiger partial charge is 0.256 e. The van der Waals surface area contributed by atoms with Crippen LogP contribution in [0.25, 0.3) is 22.5 Å². The Morgan fingerprint density at radius 3 is 2.31 bits per heavy atom. The zero-order valence-corrected chi connectivity index (χ0v) is 18.8. The lowest BCUT2D eigenvalue weighted by molar-refractivity contribution is -0.131. The number of H-pyrrole nitrogens is 1. The molecule has 0 bridgehead atoms. The fraction of sp³-hybridized carbons (Fsp3) is 0.400. The van der Waals surface area contributed by atoms with Crippen molar-refractivity contribution in [3.63, 3.8) is 0 Å². The van der Waals surface area contributed by atoms with Crippen molar-refractivity contribution < 1.29 is 4.79 Å². The van der Waals surface area contributed by atoms with Crippen LogP contribution in [0, 0.1) is 5.41 Å². The molecule has 32 heavy (non-hydrogen) atoms. The third-order valence-electron chi connectivity index (χ3n) is 6.44. The quantitative estimate of drug-likeness (QED) is 0.656. The summed E-state index contributed by atoms with van der Waals surface area (Å²) in [4.78, 5) is 20.4. The van der Waals surface area contributed by atoms with Crippen LogP contribution in [0.1, 0.15) is 52.0 Å². The van der Waals surface area contributed by atoms with Gasteiger partial charge >= 0.3 is 0 Å². The minimum Gasteiger partial charge on any atom is -0.294 e. The Morgan fingerprint density at radius 2 is 1.69 bits per heavy atom. The molecular formula is C25H28N6O. The van der Waals surface area contributed by atoms with E-state index in [1.807, 2.05) is 23.1 Å². The number of rotatable bonds is 4. The van der Waals surface area contributed by atoms with Crippen molar-refractivity contribution in [1.29, 1.82) is 0 Å². The number of aliphatic imine (C=N–C) groups is 1. The molecule has 1 aliphatic heterocycles.